The Balaban J connectivity index is 0.000000162. The van der Waals surface area contributed by atoms with Gasteiger partial charge in [0.15, 0.2) is 0 Å². The van der Waals surface area contributed by atoms with E-state index in [0.29, 0.717) is 63.5 Å². The molecule has 14 heteroatoms. The van der Waals surface area contributed by atoms with Crippen LogP contribution in [-0.4, -0.2) is 114 Å². The molecule has 6 aliphatic rings. The third kappa shape index (κ3) is 10.1. The fourth-order valence-corrected chi connectivity index (χ4v) is 14.2. The number of benzene rings is 4. The van der Waals surface area contributed by atoms with E-state index in [1.54, 1.807) is 33.9 Å². The van der Waals surface area contributed by atoms with Gasteiger partial charge in [-0.1, -0.05) is 147 Å². The molecule has 4 aliphatic heterocycles. The van der Waals surface area contributed by atoms with Gasteiger partial charge >= 0.3 is 0 Å². The van der Waals surface area contributed by atoms with E-state index in [4.69, 9.17) is 0 Å². The molecule has 0 unspecified atom stereocenters. The van der Waals surface area contributed by atoms with Crippen molar-refractivity contribution in [2.24, 2.45) is 22.7 Å². The molecule has 2 aromatic heterocycles. The minimum absolute atomic E-state index is 0.0978. The molecular weight excluding hydrogens is 953 g/mol. The number of amides is 2. The largest absolute Gasteiger partial charge is 0.387 e. The van der Waals surface area contributed by atoms with Crippen LogP contribution in [0.15, 0.2) is 156 Å². The van der Waals surface area contributed by atoms with Crippen molar-refractivity contribution in [3.05, 3.63) is 178 Å². The summed E-state index contributed by atoms with van der Waals surface area (Å²) in [4.78, 5) is 67.0. The summed E-state index contributed by atoms with van der Waals surface area (Å²) in [5.74, 6) is 0.499. The Morgan fingerprint density at radius 3 is 1.21 bits per heavy atom. The minimum Gasteiger partial charge on any atom is -0.387 e. The highest BCUT2D eigenvalue weighted by atomic mass is 16.3. The number of hydrogen-bond acceptors (Lipinski definition) is 10. The molecule has 4 N–H and O–H groups in total. The van der Waals surface area contributed by atoms with Gasteiger partial charge in [0.1, 0.15) is 0 Å². The second-order valence-corrected chi connectivity index (χ2v) is 22.8. The van der Waals surface area contributed by atoms with Gasteiger partial charge in [-0.3, -0.25) is 28.3 Å². The van der Waals surface area contributed by atoms with Crippen LogP contribution < -0.4 is 21.8 Å². The molecule has 6 fully saturated rings. The summed E-state index contributed by atoms with van der Waals surface area (Å²) in [5, 5.41) is 31.1. The molecule has 0 bridgehead atoms. The van der Waals surface area contributed by atoms with Crippen LogP contribution in [0.2, 0.25) is 0 Å². The van der Waals surface area contributed by atoms with Crippen LogP contribution >= 0.6 is 0 Å². The number of likely N-dealkylation sites (tertiary alicyclic amines) is 2. The van der Waals surface area contributed by atoms with Gasteiger partial charge < -0.3 is 30.6 Å². The number of aromatic nitrogens is 4. The van der Waals surface area contributed by atoms with Crippen LogP contribution in [0.4, 0.5) is 0 Å². The van der Waals surface area contributed by atoms with Crippen LogP contribution in [-0.2, 0) is 22.7 Å². The second kappa shape index (κ2) is 21.8. The van der Waals surface area contributed by atoms with Crippen LogP contribution in [0, 0.1) is 22.7 Å². The summed E-state index contributed by atoms with van der Waals surface area (Å²) in [7, 11) is 0. The zero-order valence-corrected chi connectivity index (χ0v) is 43.5. The maximum Gasteiger partial charge on any atom is 0.253 e. The summed E-state index contributed by atoms with van der Waals surface area (Å²) in [5.41, 5.74) is 2.18. The molecule has 2 aliphatic carbocycles. The first-order valence-corrected chi connectivity index (χ1v) is 27.7. The fraction of sp³-hybridized carbons (Fsp3) is 0.452. The summed E-state index contributed by atoms with van der Waals surface area (Å²) >= 11 is 0. The van der Waals surface area contributed by atoms with Crippen LogP contribution in [0.3, 0.4) is 0 Å². The number of nitrogens with one attached hydrogen (secondary N) is 2. The van der Waals surface area contributed by atoms with Gasteiger partial charge in [0.25, 0.3) is 11.1 Å². The molecule has 2 amide bonds. The molecule has 4 saturated heterocycles. The van der Waals surface area contributed by atoms with Gasteiger partial charge in [0, 0.05) is 98.3 Å². The Morgan fingerprint density at radius 2 is 0.855 bits per heavy atom. The minimum atomic E-state index is -1.06. The number of aliphatic hydroxyl groups is 2. The molecule has 2 spiro atoms. The maximum absolute atomic E-state index is 13.9. The third-order valence-electron chi connectivity index (χ3n) is 18.6. The predicted octanol–water partition coefficient (Wildman–Crippen LogP) is 6.87. The third-order valence-corrected chi connectivity index (χ3v) is 18.6. The molecule has 2 saturated carbocycles. The number of carbonyl (C=O) groups excluding carboxylic acids is 2. The fourth-order valence-electron chi connectivity index (χ4n) is 14.2. The maximum atomic E-state index is 13.9. The lowest BCUT2D eigenvalue weighted by atomic mass is 9.65. The van der Waals surface area contributed by atoms with Gasteiger partial charge in [-0.15, -0.1) is 0 Å². The number of rotatable bonds is 10. The molecule has 6 atom stereocenters. The summed E-state index contributed by atoms with van der Waals surface area (Å²) < 4.78 is 3.10. The number of hydrogen-bond donors (Lipinski definition) is 4. The lowest BCUT2D eigenvalue weighted by Gasteiger charge is -2.52. The van der Waals surface area contributed by atoms with Crippen molar-refractivity contribution in [3.8, 4) is 22.5 Å². The highest BCUT2D eigenvalue weighted by Gasteiger charge is 2.58. The van der Waals surface area contributed by atoms with Gasteiger partial charge in [-0.25, -0.2) is 9.97 Å². The summed E-state index contributed by atoms with van der Waals surface area (Å²) in [6.45, 7) is 5.47. The number of piperidine rings is 2. The van der Waals surface area contributed by atoms with Gasteiger partial charge in [0.2, 0.25) is 11.8 Å². The predicted molar refractivity (Wildman–Crippen MR) is 293 cm³/mol. The molecule has 0 radical (unpaired) electrons. The molecule has 76 heavy (non-hydrogen) atoms. The van der Waals surface area contributed by atoms with Gasteiger partial charge in [-0.2, -0.15) is 0 Å². The highest BCUT2D eigenvalue weighted by molar-refractivity contribution is 5.81. The van der Waals surface area contributed by atoms with Crippen molar-refractivity contribution < 1.29 is 19.8 Å². The van der Waals surface area contributed by atoms with E-state index in [2.05, 4.69) is 44.9 Å². The lowest BCUT2D eigenvalue weighted by Crippen LogP contribution is -2.62. The highest BCUT2D eigenvalue weighted by Crippen LogP contribution is 2.53. The molecular formula is C62H72N8O6. The van der Waals surface area contributed by atoms with Gasteiger partial charge in [-0.05, 0) is 49.7 Å². The van der Waals surface area contributed by atoms with Crippen LogP contribution in [0.1, 0.15) is 87.2 Å². The van der Waals surface area contributed by atoms with Crippen molar-refractivity contribution in [1.29, 1.82) is 0 Å². The summed E-state index contributed by atoms with van der Waals surface area (Å²) in [6.07, 6.45) is 11.6. The average Bonchev–Trinajstić information content (AvgIpc) is 4.33. The molecule has 4 aromatic carbocycles. The van der Waals surface area contributed by atoms with Crippen molar-refractivity contribution in [2.45, 2.75) is 100 Å². The summed E-state index contributed by atoms with van der Waals surface area (Å²) in [6, 6.07) is 43.0. The van der Waals surface area contributed by atoms with Crippen molar-refractivity contribution in [3.63, 3.8) is 0 Å². The lowest BCUT2D eigenvalue weighted by molar-refractivity contribution is -0.164. The van der Waals surface area contributed by atoms with Crippen molar-refractivity contribution in [1.82, 2.24) is 39.5 Å². The van der Waals surface area contributed by atoms with Crippen molar-refractivity contribution in [2.75, 3.05) is 52.4 Å². The zero-order valence-electron chi connectivity index (χ0n) is 43.5. The zero-order chi connectivity index (χ0) is 52.3. The van der Waals surface area contributed by atoms with E-state index in [9.17, 15) is 29.4 Å². The first-order valence-electron chi connectivity index (χ1n) is 27.7. The monoisotopic (exact) mass is 1020 g/mol. The van der Waals surface area contributed by atoms with Crippen molar-refractivity contribution >= 4 is 11.8 Å². The molecule has 396 valence electrons. The SMILES string of the molecule is O=C([C@@H]1CNC[C@H]1c1ccccc1)N1CC[C@@](O)(Cn2cnc(-c3ccccc3)cc2=O)C2(CCCC2)C1.O=C([C@H]1CNC[C@@H]1c1ccccc1)N1CC[C@@](O)(Cn2cnc(-c3ccccc3)cc2=O)C2(CCCC2)C1. The standard InChI is InChI=1S/2C31H36N4O3/c2*36-28-17-27(24-11-5-2-6-12-24)33-22-35(28)21-31(38)15-16-34(20-30(31)13-7-8-14-30)29(37)26-19-32-18-25(26)23-9-3-1-4-10-23/h2*1-6,9-12,17,22,25-26,32,38H,7-8,13-16,18-21H2/t25-,26+,31+;25-,26+,31-/m01/s1. The molecule has 6 aromatic rings. The first-order chi connectivity index (χ1) is 37.0. The van der Waals surface area contributed by atoms with Crippen LogP contribution in [0.5, 0.6) is 0 Å². The Morgan fingerprint density at radius 1 is 0.500 bits per heavy atom. The van der Waals surface area contributed by atoms with E-state index in [-0.39, 0.29) is 59.7 Å². The van der Waals surface area contributed by atoms with E-state index in [0.717, 1.165) is 75.6 Å². The Labute approximate surface area is 445 Å². The smallest absolute Gasteiger partial charge is 0.253 e. The Kier molecular flexibility index (Phi) is 14.8. The number of nitrogens with zero attached hydrogens (tertiary/aromatic N) is 6. The van der Waals surface area contributed by atoms with E-state index >= 15 is 0 Å². The first kappa shape index (κ1) is 51.5. The Bertz CT molecular complexity index is 2880. The van der Waals surface area contributed by atoms with E-state index in [1.165, 1.54) is 11.1 Å². The number of carbonyl (C=O) groups is 2. The molecule has 12 rings (SSSR count). The Hall–Kier alpha value is -6.58. The normalized spacial score (nSPS) is 26.6. The topological polar surface area (TPSA) is 175 Å². The van der Waals surface area contributed by atoms with E-state index in [1.807, 2.05) is 107 Å². The average molecular weight is 1030 g/mol. The second-order valence-electron chi connectivity index (χ2n) is 22.8. The quantitative estimate of drug-likeness (QED) is 0.113. The van der Waals surface area contributed by atoms with E-state index < -0.39 is 22.0 Å². The van der Waals surface area contributed by atoms with Crippen LogP contribution in [0.25, 0.3) is 22.5 Å². The molecule has 6 heterocycles. The van der Waals surface area contributed by atoms with Gasteiger partial charge in [0.05, 0.1) is 60.2 Å². The molecule has 14 nitrogen and oxygen atoms in total.